The summed E-state index contributed by atoms with van der Waals surface area (Å²) in [6.07, 6.45) is 5.17. The Morgan fingerprint density at radius 2 is 1.58 bits per heavy atom. The van der Waals surface area contributed by atoms with Crippen LogP contribution in [0.5, 0.6) is 0 Å². The Bertz CT molecular complexity index is 746. The predicted molar refractivity (Wildman–Crippen MR) is 102 cm³/mol. The highest BCUT2D eigenvalue weighted by Crippen LogP contribution is 2.40. The number of rotatable bonds is 6. The number of hydrogen-bond donors (Lipinski definition) is 0. The van der Waals surface area contributed by atoms with Gasteiger partial charge in [0.05, 0.1) is 0 Å². The largest absolute Gasteiger partial charge is 0.302 e. The summed E-state index contributed by atoms with van der Waals surface area (Å²) in [6.45, 7) is 4.17. The van der Waals surface area contributed by atoms with Crippen molar-refractivity contribution in [1.82, 2.24) is 25.1 Å². The van der Waals surface area contributed by atoms with Gasteiger partial charge in [0.1, 0.15) is 6.33 Å². The van der Waals surface area contributed by atoms with Crippen molar-refractivity contribution in [3.8, 4) is 0 Å². The average Bonchev–Trinajstić information content (AvgIpc) is 3.23. The van der Waals surface area contributed by atoms with Crippen molar-refractivity contribution in [1.29, 1.82) is 0 Å². The smallest absolute Gasteiger partial charge is 0.138 e. The van der Waals surface area contributed by atoms with E-state index < -0.39 is 0 Å². The lowest BCUT2D eigenvalue weighted by atomic mass is 9.69. The fourth-order valence-corrected chi connectivity index (χ4v) is 4.23. The lowest BCUT2D eigenvalue weighted by Gasteiger charge is -2.44. The molecule has 1 fully saturated rings. The maximum atomic E-state index is 3.96. The van der Waals surface area contributed by atoms with E-state index in [0.29, 0.717) is 0 Å². The molecule has 0 amide bonds. The third kappa shape index (κ3) is 3.53. The number of hydrogen-bond acceptors (Lipinski definition) is 4. The first kappa shape index (κ1) is 16.9. The summed E-state index contributed by atoms with van der Waals surface area (Å²) >= 11 is 0. The third-order valence-corrected chi connectivity index (χ3v) is 5.48. The standard InChI is InChI=1S/C21H25N5/c1-3-9-19(10-4-1)21(20-11-5-2-6-12-20)13-7-14-25(17-21)15-8-16-26-18-22-23-24-26/h1-6,9-12,18H,7-8,13-17H2. The average molecular weight is 347 g/mol. The van der Waals surface area contributed by atoms with E-state index in [1.807, 2.05) is 4.68 Å². The van der Waals surface area contributed by atoms with Crippen LogP contribution in [0.15, 0.2) is 67.0 Å². The molecule has 1 aliphatic heterocycles. The van der Waals surface area contributed by atoms with E-state index in [1.54, 1.807) is 6.33 Å². The predicted octanol–water partition coefficient (Wildman–Crippen LogP) is 3.15. The minimum absolute atomic E-state index is 0.0789. The molecule has 5 nitrogen and oxygen atoms in total. The number of aromatic nitrogens is 4. The van der Waals surface area contributed by atoms with E-state index in [2.05, 4.69) is 81.1 Å². The number of aryl methyl sites for hydroxylation is 1. The zero-order valence-corrected chi connectivity index (χ0v) is 15.0. The first-order valence-corrected chi connectivity index (χ1v) is 9.41. The van der Waals surface area contributed by atoms with E-state index >= 15 is 0 Å². The normalized spacial score (nSPS) is 17.2. The van der Waals surface area contributed by atoms with Gasteiger partial charge in [-0.15, -0.1) is 5.10 Å². The molecule has 1 aromatic heterocycles. The molecule has 26 heavy (non-hydrogen) atoms. The zero-order chi connectivity index (χ0) is 17.7. The molecular formula is C21H25N5. The molecule has 2 heterocycles. The summed E-state index contributed by atoms with van der Waals surface area (Å²) in [7, 11) is 0. The second-order valence-electron chi connectivity index (χ2n) is 7.12. The van der Waals surface area contributed by atoms with Crippen LogP contribution in [0.2, 0.25) is 0 Å². The summed E-state index contributed by atoms with van der Waals surface area (Å²) in [4.78, 5) is 2.61. The SMILES string of the molecule is c1ccc(C2(c3ccccc3)CCCN(CCCn3cnnn3)C2)cc1. The van der Waals surface area contributed by atoms with Crippen LogP contribution < -0.4 is 0 Å². The lowest BCUT2D eigenvalue weighted by molar-refractivity contribution is 0.164. The number of tetrazole rings is 1. The second-order valence-corrected chi connectivity index (χ2v) is 7.12. The van der Waals surface area contributed by atoms with Crippen LogP contribution in [0.25, 0.3) is 0 Å². The Kier molecular flexibility index (Phi) is 5.07. The van der Waals surface area contributed by atoms with E-state index in [0.717, 1.165) is 32.6 Å². The summed E-state index contributed by atoms with van der Waals surface area (Å²) in [6, 6.07) is 22.0. The highest BCUT2D eigenvalue weighted by Gasteiger charge is 2.38. The molecule has 0 bridgehead atoms. The van der Waals surface area contributed by atoms with Crippen molar-refractivity contribution >= 4 is 0 Å². The maximum absolute atomic E-state index is 3.96. The van der Waals surface area contributed by atoms with Crippen LogP contribution in [0, 0.1) is 0 Å². The molecule has 1 saturated heterocycles. The van der Waals surface area contributed by atoms with E-state index in [4.69, 9.17) is 0 Å². The first-order chi connectivity index (χ1) is 12.9. The molecule has 134 valence electrons. The fraction of sp³-hybridized carbons (Fsp3) is 0.381. The Balaban J connectivity index is 1.54. The zero-order valence-electron chi connectivity index (χ0n) is 15.0. The summed E-state index contributed by atoms with van der Waals surface area (Å²) in [5.41, 5.74) is 2.93. The van der Waals surface area contributed by atoms with Crippen molar-refractivity contribution < 1.29 is 0 Å². The minimum Gasteiger partial charge on any atom is -0.302 e. The lowest BCUT2D eigenvalue weighted by Crippen LogP contribution is -2.47. The topological polar surface area (TPSA) is 46.8 Å². The van der Waals surface area contributed by atoms with Crippen LogP contribution >= 0.6 is 0 Å². The quantitative estimate of drug-likeness (QED) is 0.687. The van der Waals surface area contributed by atoms with Crippen LogP contribution in [0.1, 0.15) is 30.4 Å². The Morgan fingerprint density at radius 1 is 0.885 bits per heavy atom. The minimum atomic E-state index is 0.0789. The van der Waals surface area contributed by atoms with Gasteiger partial charge in [0.15, 0.2) is 0 Å². The Labute approximate surface area is 154 Å². The highest BCUT2D eigenvalue weighted by atomic mass is 15.5. The van der Waals surface area contributed by atoms with Crippen LogP contribution in [-0.2, 0) is 12.0 Å². The molecule has 2 aromatic carbocycles. The second kappa shape index (κ2) is 7.79. The van der Waals surface area contributed by atoms with Gasteiger partial charge < -0.3 is 4.90 Å². The van der Waals surface area contributed by atoms with Gasteiger partial charge in [-0.3, -0.25) is 0 Å². The van der Waals surface area contributed by atoms with Gasteiger partial charge in [0, 0.05) is 18.5 Å². The molecule has 4 rings (SSSR count). The summed E-state index contributed by atoms with van der Waals surface area (Å²) < 4.78 is 1.81. The van der Waals surface area contributed by atoms with Gasteiger partial charge in [0.2, 0.25) is 0 Å². The molecule has 1 aliphatic rings. The van der Waals surface area contributed by atoms with Gasteiger partial charge in [-0.05, 0) is 53.9 Å². The van der Waals surface area contributed by atoms with Gasteiger partial charge in [0.25, 0.3) is 0 Å². The van der Waals surface area contributed by atoms with E-state index in [1.165, 1.54) is 24.0 Å². The van der Waals surface area contributed by atoms with E-state index in [-0.39, 0.29) is 5.41 Å². The first-order valence-electron chi connectivity index (χ1n) is 9.41. The molecule has 3 aromatic rings. The van der Waals surface area contributed by atoms with Gasteiger partial charge in [-0.25, -0.2) is 4.68 Å². The molecule has 5 heteroatoms. The maximum Gasteiger partial charge on any atom is 0.138 e. The molecule has 0 radical (unpaired) electrons. The molecule has 0 aliphatic carbocycles. The molecule has 0 atom stereocenters. The van der Waals surface area contributed by atoms with Gasteiger partial charge >= 0.3 is 0 Å². The van der Waals surface area contributed by atoms with Crippen molar-refractivity contribution in [3.63, 3.8) is 0 Å². The van der Waals surface area contributed by atoms with Crippen LogP contribution in [-0.4, -0.2) is 44.7 Å². The summed E-state index contributed by atoms with van der Waals surface area (Å²) in [5.74, 6) is 0. The van der Waals surface area contributed by atoms with Crippen LogP contribution in [0.3, 0.4) is 0 Å². The molecular weight excluding hydrogens is 322 g/mol. The summed E-state index contributed by atoms with van der Waals surface area (Å²) in [5, 5.41) is 11.4. The van der Waals surface area contributed by atoms with Gasteiger partial charge in [-0.2, -0.15) is 0 Å². The van der Waals surface area contributed by atoms with Crippen molar-refractivity contribution in [2.24, 2.45) is 0 Å². The molecule has 0 unspecified atom stereocenters. The molecule has 0 N–H and O–H groups in total. The van der Waals surface area contributed by atoms with E-state index in [9.17, 15) is 0 Å². The van der Waals surface area contributed by atoms with Crippen molar-refractivity contribution in [2.75, 3.05) is 19.6 Å². The Morgan fingerprint density at radius 3 is 2.19 bits per heavy atom. The van der Waals surface area contributed by atoms with Crippen molar-refractivity contribution in [2.45, 2.75) is 31.2 Å². The number of likely N-dealkylation sites (tertiary alicyclic amines) is 1. The third-order valence-electron chi connectivity index (χ3n) is 5.48. The van der Waals surface area contributed by atoms with Gasteiger partial charge in [-0.1, -0.05) is 60.7 Å². The number of benzene rings is 2. The molecule has 0 spiro atoms. The number of piperidine rings is 1. The molecule has 0 saturated carbocycles. The highest BCUT2D eigenvalue weighted by molar-refractivity contribution is 5.40. The Hall–Kier alpha value is -2.53. The van der Waals surface area contributed by atoms with Crippen molar-refractivity contribution in [3.05, 3.63) is 78.1 Å². The van der Waals surface area contributed by atoms with Crippen LogP contribution in [0.4, 0.5) is 0 Å². The fourth-order valence-electron chi connectivity index (χ4n) is 4.23. The monoisotopic (exact) mass is 347 g/mol. The number of nitrogens with zero attached hydrogens (tertiary/aromatic N) is 5.